The van der Waals surface area contributed by atoms with Crippen molar-refractivity contribution in [3.05, 3.63) is 60.3 Å². The van der Waals surface area contributed by atoms with Gasteiger partial charge in [-0.15, -0.1) is 0 Å². The quantitative estimate of drug-likeness (QED) is 0.811. The van der Waals surface area contributed by atoms with Gasteiger partial charge in [0, 0.05) is 12.7 Å². The minimum atomic E-state index is -0.306. The van der Waals surface area contributed by atoms with Gasteiger partial charge in [0.15, 0.2) is 11.5 Å². The van der Waals surface area contributed by atoms with E-state index < -0.39 is 0 Å². The molecule has 6 heteroatoms. The molecule has 0 radical (unpaired) electrons. The first-order chi connectivity index (χ1) is 11.7. The van der Waals surface area contributed by atoms with Crippen LogP contribution in [0.25, 0.3) is 0 Å². The number of fused-ring (bicyclic) bond motifs is 2. The first kappa shape index (κ1) is 14.6. The molecular weight excluding hydrogens is 308 g/mol. The maximum atomic E-state index is 12.9. The van der Waals surface area contributed by atoms with E-state index >= 15 is 0 Å². The van der Waals surface area contributed by atoms with Crippen molar-refractivity contribution >= 4 is 5.91 Å². The van der Waals surface area contributed by atoms with Gasteiger partial charge in [0.2, 0.25) is 12.7 Å². The Kier molecular flexibility index (Phi) is 3.57. The Morgan fingerprint density at radius 1 is 1.29 bits per heavy atom. The highest BCUT2D eigenvalue weighted by atomic mass is 16.7. The highest BCUT2D eigenvalue weighted by Crippen LogP contribution is 2.33. The number of nitrogens with zero attached hydrogens (tertiary/aromatic N) is 2. The van der Waals surface area contributed by atoms with Crippen molar-refractivity contribution in [2.45, 2.75) is 12.6 Å². The second kappa shape index (κ2) is 5.88. The average Bonchev–Trinajstić information content (AvgIpc) is 3.02. The van der Waals surface area contributed by atoms with Crippen LogP contribution in [0, 0.1) is 0 Å². The minimum absolute atomic E-state index is 0.111. The van der Waals surface area contributed by atoms with Crippen molar-refractivity contribution in [1.29, 1.82) is 0 Å². The Labute approximate surface area is 139 Å². The van der Waals surface area contributed by atoms with E-state index in [-0.39, 0.29) is 18.8 Å². The fourth-order valence-electron chi connectivity index (χ4n) is 2.82. The van der Waals surface area contributed by atoms with E-state index in [1.807, 2.05) is 18.2 Å². The maximum absolute atomic E-state index is 12.9. The first-order valence-electron chi connectivity index (χ1n) is 7.66. The van der Waals surface area contributed by atoms with Crippen LogP contribution >= 0.6 is 0 Å². The van der Waals surface area contributed by atoms with Gasteiger partial charge in [-0.25, -0.2) is 4.98 Å². The van der Waals surface area contributed by atoms with Crippen LogP contribution in [0.1, 0.15) is 15.9 Å². The monoisotopic (exact) mass is 324 g/mol. The largest absolute Gasteiger partial charge is 0.468 e. The third-order valence-electron chi connectivity index (χ3n) is 4.03. The fourth-order valence-corrected chi connectivity index (χ4v) is 2.82. The fraction of sp³-hybridized carbons (Fsp3) is 0.222. The SMILES string of the molecule is C=CC1CN(Cc2ccc3c(c2)OCO3)C(=O)c2cccnc2O1. The summed E-state index contributed by atoms with van der Waals surface area (Å²) >= 11 is 0. The summed E-state index contributed by atoms with van der Waals surface area (Å²) in [5, 5.41) is 0. The zero-order valence-corrected chi connectivity index (χ0v) is 13.0. The summed E-state index contributed by atoms with van der Waals surface area (Å²) in [6.45, 7) is 4.87. The van der Waals surface area contributed by atoms with E-state index in [4.69, 9.17) is 14.2 Å². The molecule has 0 N–H and O–H groups in total. The van der Waals surface area contributed by atoms with E-state index in [1.165, 1.54) is 0 Å². The predicted molar refractivity (Wildman–Crippen MR) is 86.2 cm³/mol. The molecule has 24 heavy (non-hydrogen) atoms. The molecule has 0 aliphatic carbocycles. The summed E-state index contributed by atoms with van der Waals surface area (Å²) in [6.07, 6.45) is 2.99. The van der Waals surface area contributed by atoms with E-state index in [0.29, 0.717) is 30.3 Å². The summed E-state index contributed by atoms with van der Waals surface area (Å²) in [4.78, 5) is 18.7. The van der Waals surface area contributed by atoms with Crippen LogP contribution in [0.4, 0.5) is 0 Å². The number of hydrogen-bond acceptors (Lipinski definition) is 5. The molecule has 1 unspecified atom stereocenters. The van der Waals surface area contributed by atoms with E-state index in [0.717, 1.165) is 11.3 Å². The Bertz CT molecular complexity index is 805. The van der Waals surface area contributed by atoms with Crippen LogP contribution in [0.3, 0.4) is 0 Å². The number of aromatic nitrogens is 1. The molecule has 0 saturated carbocycles. The molecule has 2 aromatic rings. The molecule has 1 aromatic heterocycles. The molecule has 3 heterocycles. The molecule has 1 atom stereocenters. The number of pyridine rings is 1. The number of carbonyl (C=O) groups is 1. The van der Waals surface area contributed by atoms with E-state index in [9.17, 15) is 4.79 Å². The predicted octanol–water partition coefficient (Wildman–Crippen LogP) is 2.40. The molecule has 0 saturated heterocycles. The molecule has 6 nitrogen and oxygen atoms in total. The number of amides is 1. The zero-order chi connectivity index (χ0) is 16.5. The molecule has 1 aromatic carbocycles. The minimum Gasteiger partial charge on any atom is -0.468 e. The van der Waals surface area contributed by atoms with Gasteiger partial charge < -0.3 is 19.1 Å². The summed E-state index contributed by atoms with van der Waals surface area (Å²) in [5.74, 6) is 1.66. The Balaban J connectivity index is 1.64. The van der Waals surface area contributed by atoms with Crippen molar-refractivity contribution in [3.63, 3.8) is 0 Å². The Hall–Kier alpha value is -3.02. The van der Waals surface area contributed by atoms with Gasteiger partial charge in [-0.1, -0.05) is 12.6 Å². The number of hydrogen-bond donors (Lipinski definition) is 0. The third kappa shape index (κ3) is 2.56. The lowest BCUT2D eigenvalue weighted by Crippen LogP contribution is -2.35. The van der Waals surface area contributed by atoms with Crippen molar-refractivity contribution in [3.8, 4) is 17.4 Å². The van der Waals surface area contributed by atoms with Gasteiger partial charge in [0.1, 0.15) is 11.7 Å². The van der Waals surface area contributed by atoms with Gasteiger partial charge in [-0.05, 0) is 35.9 Å². The van der Waals surface area contributed by atoms with Crippen LogP contribution in [0.5, 0.6) is 17.4 Å². The molecule has 0 spiro atoms. The zero-order valence-electron chi connectivity index (χ0n) is 13.0. The highest BCUT2D eigenvalue weighted by Gasteiger charge is 2.28. The average molecular weight is 324 g/mol. The molecule has 1 amide bonds. The molecule has 122 valence electrons. The lowest BCUT2D eigenvalue weighted by Gasteiger charge is -2.22. The normalized spacial score (nSPS) is 18.6. The summed E-state index contributed by atoms with van der Waals surface area (Å²) in [5.41, 5.74) is 1.42. The van der Waals surface area contributed by atoms with Gasteiger partial charge in [-0.2, -0.15) is 0 Å². The molecular formula is C18H16N2O4. The van der Waals surface area contributed by atoms with Crippen LogP contribution in [0.2, 0.25) is 0 Å². The van der Waals surface area contributed by atoms with Crippen molar-refractivity contribution in [2.75, 3.05) is 13.3 Å². The van der Waals surface area contributed by atoms with Gasteiger partial charge in [-0.3, -0.25) is 4.79 Å². The Morgan fingerprint density at radius 2 is 2.17 bits per heavy atom. The summed E-state index contributed by atoms with van der Waals surface area (Å²) < 4.78 is 16.5. The Morgan fingerprint density at radius 3 is 3.04 bits per heavy atom. The van der Waals surface area contributed by atoms with Crippen LogP contribution in [-0.4, -0.2) is 35.2 Å². The lowest BCUT2D eigenvalue weighted by molar-refractivity contribution is 0.0720. The highest BCUT2D eigenvalue weighted by molar-refractivity contribution is 5.96. The summed E-state index contributed by atoms with van der Waals surface area (Å²) in [6, 6.07) is 9.14. The smallest absolute Gasteiger partial charge is 0.259 e. The second-order valence-corrected chi connectivity index (χ2v) is 5.62. The first-order valence-corrected chi connectivity index (χ1v) is 7.66. The van der Waals surface area contributed by atoms with Crippen molar-refractivity contribution < 1.29 is 19.0 Å². The topological polar surface area (TPSA) is 60.9 Å². The maximum Gasteiger partial charge on any atom is 0.259 e. The lowest BCUT2D eigenvalue weighted by atomic mass is 10.1. The van der Waals surface area contributed by atoms with E-state index in [2.05, 4.69) is 11.6 Å². The molecule has 2 aliphatic heterocycles. The van der Waals surface area contributed by atoms with Crippen LogP contribution in [0.15, 0.2) is 49.2 Å². The van der Waals surface area contributed by atoms with E-state index in [1.54, 1.807) is 29.3 Å². The number of rotatable bonds is 3. The van der Waals surface area contributed by atoms with Gasteiger partial charge in [0.05, 0.1) is 6.54 Å². The molecule has 0 bridgehead atoms. The number of ether oxygens (including phenoxy) is 3. The standard InChI is InChI=1S/C18H16N2O4/c1-2-13-10-20(18(21)14-4-3-7-19-17(14)24-13)9-12-5-6-15-16(8-12)23-11-22-15/h2-8,13H,1,9-11H2. The molecule has 2 aliphatic rings. The van der Waals surface area contributed by atoms with Gasteiger partial charge >= 0.3 is 0 Å². The number of carbonyl (C=O) groups excluding carboxylic acids is 1. The third-order valence-corrected chi connectivity index (χ3v) is 4.03. The second-order valence-electron chi connectivity index (χ2n) is 5.62. The van der Waals surface area contributed by atoms with Crippen LogP contribution < -0.4 is 14.2 Å². The van der Waals surface area contributed by atoms with Gasteiger partial charge in [0.25, 0.3) is 5.91 Å². The molecule has 4 rings (SSSR count). The number of benzene rings is 1. The van der Waals surface area contributed by atoms with Crippen LogP contribution in [-0.2, 0) is 6.54 Å². The van der Waals surface area contributed by atoms with Crippen molar-refractivity contribution in [2.24, 2.45) is 0 Å². The molecule has 0 fully saturated rings. The van der Waals surface area contributed by atoms with Crippen molar-refractivity contribution in [1.82, 2.24) is 9.88 Å². The summed E-state index contributed by atoms with van der Waals surface area (Å²) in [7, 11) is 0.